The summed E-state index contributed by atoms with van der Waals surface area (Å²) in [5, 5.41) is 4.87. The number of anilines is 1. The normalized spacial score (nSPS) is 10.5. The zero-order valence-electron chi connectivity index (χ0n) is 18.1. The smallest absolute Gasteiger partial charge is 0.322 e. The van der Waals surface area contributed by atoms with Crippen LogP contribution < -0.4 is 5.32 Å². The van der Waals surface area contributed by atoms with E-state index in [1.807, 2.05) is 78.2 Å². The van der Waals surface area contributed by atoms with Crippen molar-refractivity contribution in [2.75, 3.05) is 11.9 Å². The number of carbonyl (C=O) groups excluding carboxylic acids is 2. The van der Waals surface area contributed by atoms with Crippen LogP contribution >= 0.6 is 11.3 Å². The van der Waals surface area contributed by atoms with Crippen molar-refractivity contribution in [3.8, 4) is 0 Å². The van der Waals surface area contributed by atoms with E-state index in [9.17, 15) is 9.59 Å². The van der Waals surface area contributed by atoms with Crippen molar-refractivity contribution in [2.45, 2.75) is 19.6 Å². The van der Waals surface area contributed by atoms with Gasteiger partial charge in [-0.15, -0.1) is 11.3 Å². The van der Waals surface area contributed by atoms with Crippen molar-refractivity contribution < 1.29 is 14.0 Å². The van der Waals surface area contributed by atoms with Gasteiger partial charge in [-0.2, -0.15) is 0 Å². The molecule has 2 aromatic heterocycles. The second-order valence-electron chi connectivity index (χ2n) is 7.55. The minimum Gasteiger partial charge on any atom is -0.467 e. The largest absolute Gasteiger partial charge is 0.467 e. The molecule has 0 aliphatic carbocycles. The van der Waals surface area contributed by atoms with Crippen LogP contribution in [0.3, 0.4) is 0 Å². The molecule has 2 heterocycles. The molecule has 4 aromatic rings. The molecule has 0 spiro atoms. The highest BCUT2D eigenvalue weighted by Crippen LogP contribution is 2.16. The molecule has 0 bridgehead atoms. The molecule has 4 rings (SSSR count). The van der Waals surface area contributed by atoms with Crippen molar-refractivity contribution in [1.29, 1.82) is 0 Å². The fourth-order valence-electron chi connectivity index (χ4n) is 3.40. The first-order chi connectivity index (χ1) is 16.2. The average Bonchev–Trinajstić information content (AvgIpc) is 3.54. The Morgan fingerprint density at radius 1 is 0.788 bits per heavy atom. The molecule has 0 aliphatic heterocycles. The van der Waals surface area contributed by atoms with Crippen molar-refractivity contribution >= 4 is 29.0 Å². The average molecular weight is 460 g/mol. The van der Waals surface area contributed by atoms with Gasteiger partial charge in [-0.1, -0.05) is 54.6 Å². The van der Waals surface area contributed by atoms with Gasteiger partial charge in [0, 0.05) is 17.1 Å². The monoisotopic (exact) mass is 459 g/mol. The van der Waals surface area contributed by atoms with Crippen LogP contribution in [0.25, 0.3) is 0 Å². The van der Waals surface area contributed by atoms with Crippen LogP contribution in [-0.4, -0.2) is 28.3 Å². The third kappa shape index (κ3) is 6.57. The summed E-state index contributed by atoms with van der Waals surface area (Å²) in [7, 11) is 0. The van der Waals surface area contributed by atoms with E-state index in [0.717, 1.165) is 10.4 Å². The Hall–Kier alpha value is -3.84. The van der Waals surface area contributed by atoms with Gasteiger partial charge in [0.05, 0.1) is 19.4 Å². The number of rotatable bonds is 9. The molecule has 7 heteroatoms. The van der Waals surface area contributed by atoms with Crippen LogP contribution in [0.5, 0.6) is 0 Å². The maximum absolute atomic E-state index is 13.4. The van der Waals surface area contributed by atoms with E-state index in [1.165, 1.54) is 4.90 Å². The number of thiophene rings is 1. The first kappa shape index (κ1) is 22.4. The summed E-state index contributed by atoms with van der Waals surface area (Å²) in [5.74, 6) is 0.473. The summed E-state index contributed by atoms with van der Waals surface area (Å²) in [6.07, 6.45) is 1.56. The molecule has 0 fully saturated rings. The summed E-state index contributed by atoms with van der Waals surface area (Å²) >= 11 is 1.61. The van der Waals surface area contributed by atoms with E-state index in [-0.39, 0.29) is 25.0 Å². The van der Waals surface area contributed by atoms with E-state index in [4.69, 9.17) is 4.42 Å². The second kappa shape index (κ2) is 11.2. The van der Waals surface area contributed by atoms with Crippen LogP contribution in [-0.2, 0) is 24.4 Å². The number of benzene rings is 2. The highest BCUT2D eigenvalue weighted by Gasteiger charge is 2.23. The number of urea groups is 1. The Morgan fingerprint density at radius 3 is 2.21 bits per heavy atom. The molecule has 0 saturated carbocycles. The minimum atomic E-state index is -0.360. The number of para-hydroxylation sites is 1. The second-order valence-corrected chi connectivity index (χ2v) is 8.58. The van der Waals surface area contributed by atoms with Gasteiger partial charge in [-0.05, 0) is 41.3 Å². The van der Waals surface area contributed by atoms with Crippen LogP contribution in [0.15, 0.2) is 101 Å². The lowest BCUT2D eigenvalue weighted by Crippen LogP contribution is -2.43. The number of carbonyl (C=O) groups is 2. The van der Waals surface area contributed by atoms with Gasteiger partial charge in [-0.3, -0.25) is 4.79 Å². The van der Waals surface area contributed by atoms with Gasteiger partial charge in [0.2, 0.25) is 5.91 Å². The summed E-state index contributed by atoms with van der Waals surface area (Å²) < 4.78 is 5.44. The highest BCUT2D eigenvalue weighted by atomic mass is 32.1. The Balaban J connectivity index is 1.52. The Morgan fingerprint density at radius 2 is 1.55 bits per heavy atom. The third-order valence-corrected chi connectivity index (χ3v) is 5.92. The third-order valence-electron chi connectivity index (χ3n) is 5.06. The van der Waals surface area contributed by atoms with E-state index in [0.29, 0.717) is 24.5 Å². The topological polar surface area (TPSA) is 65.8 Å². The molecule has 0 aliphatic rings. The summed E-state index contributed by atoms with van der Waals surface area (Å²) in [6, 6.07) is 26.2. The Labute approximate surface area is 197 Å². The predicted molar refractivity (Wildman–Crippen MR) is 130 cm³/mol. The van der Waals surface area contributed by atoms with Crippen molar-refractivity contribution in [2.24, 2.45) is 0 Å². The van der Waals surface area contributed by atoms with Gasteiger partial charge in [0.25, 0.3) is 0 Å². The predicted octanol–water partition coefficient (Wildman–Crippen LogP) is 5.60. The van der Waals surface area contributed by atoms with Gasteiger partial charge < -0.3 is 19.5 Å². The van der Waals surface area contributed by atoms with Gasteiger partial charge in [0.1, 0.15) is 12.3 Å². The Kier molecular flexibility index (Phi) is 7.56. The minimum absolute atomic E-state index is 0.0718. The zero-order chi connectivity index (χ0) is 22.9. The van der Waals surface area contributed by atoms with Crippen LogP contribution in [0, 0.1) is 0 Å². The molecule has 1 N–H and O–H groups in total. The zero-order valence-corrected chi connectivity index (χ0v) is 18.9. The van der Waals surface area contributed by atoms with E-state index < -0.39 is 0 Å². The fraction of sp³-hybridized carbons (Fsp3) is 0.154. The van der Waals surface area contributed by atoms with Crippen LogP contribution in [0.1, 0.15) is 16.2 Å². The molecule has 6 nitrogen and oxygen atoms in total. The van der Waals surface area contributed by atoms with Crippen molar-refractivity contribution in [1.82, 2.24) is 9.80 Å². The van der Waals surface area contributed by atoms with Gasteiger partial charge in [-0.25, -0.2) is 4.79 Å². The quantitative estimate of drug-likeness (QED) is 0.354. The molecule has 3 amide bonds. The fourth-order valence-corrected chi connectivity index (χ4v) is 4.12. The number of nitrogens with one attached hydrogen (secondary N) is 1. The summed E-state index contributed by atoms with van der Waals surface area (Å²) in [4.78, 5) is 30.9. The maximum Gasteiger partial charge on any atom is 0.322 e. The molecular weight excluding hydrogens is 434 g/mol. The number of nitrogens with zero attached hydrogens (tertiary/aromatic N) is 2. The molecule has 0 saturated heterocycles. The van der Waals surface area contributed by atoms with E-state index in [1.54, 1.807) is 34.6 Å². The number of furan rings is 1. The lowest BCUT2D eigenvalue weighted by Gasteiger charge is -2.27. The molecule has 33 heavy (non-hydrogen) atoms. The molecule has 0 unspecified atom stereocenters. The molecular formula is C26H25N3O3S. The lowest BCUT2D eigenvalue weighted by atomic mass is 10.2. The number of amides is 3. The summed E-state index contributed by atoms with van der Waals surface area (Å²) in [5.41, 5.74) is 1.70. The standard InChI is InChI=1S/C26H25N3O3S/c30-25(28(19-24-14-8-16-33-24)17-21-9-3-1-4-10-21)20-29(18-23-13-7-15-32-23)26(31)27-22-11-5-2-6-12-22/h1-16H,17-20H2,(H,27,31). The van der Waals surface area contributed by atoms with E-state index >= 15 is 0 Å². The Bertz CT molecular complexity index is 1130. The first-order valence-electron chi connectivity index (χ1n) is 10.6. The first-order valence-corrected chi connectivity index (χ1v) is 11.5. The summed E-state index contributed by atoms with van der Waals surface area (Å²) in [6.45, 7) is 1.07. The number of hydrogen-bond donors (Lipinski definition) is 1. The molecule has 2 aromatic carbocycles. The van der Waals surface area contributed by atoms with Crippen molar-refractivity contribution in [3.05, 3.63) is 113 Å². The van der Waals surface area contributed by atoms with Crippen molar-refractivity contribution in [3.63, 3.8) is 0 Å². The molecule has 168 valence electrons. The lowest BCUT2D eigenvalue weighted by molar-refractivity contribution is -0.133. The van der Waals surface area contributed by atoms with Crippen LogP contribution in [0.2, 0.25) is 0 Å². The van der Waals surface area contributed by atoms with Crippen LogP contribution in [0.4, 0.5) is 10.5 Å². The highest BCUT2D eigenvalue weighted by molar-refractivity contribution is 7.09. The SMILES string of the molecule is O=C(CN(Cc1ccco1)C(=O)Nc1ccccc1)N(Cc1ccccc1)Cc1cccs1. The van der Waals surface area contributed by atoms with E-state index in [2.05, 4.69) is 5.32 Å². The van der Waals surface area contributed by atoms with Gasteiger partial charge >= 0.3 is 6.03 Å². The number of hydrogen-bond acceptors (Lipinski definition) is 4. The van der Waals surface area contributed by atoms with Gasteiger partial charge in [0.15, 0.2) is 0 Å². The molecule has 0 atom stereocenters. The molecule has 0 radical (unpaired) electrons. The maximum atomic E-state index is 13.4.